The maximum absolute atomic E-state index is 4.21. The first kappa shape index (κ1) is 10.3. The maximum Gasteiger partial charge on any atom is 0.0795 e. The van der Waals surface area contributed by atoms with E-state index in [0.717, 1.165) is 18.8 Å². The van der Waals surface area contributed by atoms with Crippen molar-refractivity contribution in [2.24, 2.45) is 0 Å². The fraction of sp³-hybridized carbons (Fsp3) is 0.222. The third kappa shape index (κ3) is 2.63. The summed E-state index contributed by atoms with van der Waals surface area (Å²) >= 11 is 6.89. The van der Waals surface area contributed by atoms with Crippen LogP contribution in [0.15, 0.2) is 26.8 Å². The predicted octanol–water partition coefficient (Wildman–Crippen LogP) is 3.26. The third-order valence-electron chi connectivity index (χ3n) is 1.77. The number of nitrogens with one attached hydrogen (secondary N) is 1. The molecule has 2 aromatic heterocycles. The minimum atomic E-state index is 0.841. The molecule has 0 atom stereocenters. The molecule has 0 radical (unpaired) electrons. The van der Waals surface area contributed by atoms with Gasteiger partial charge in [0.15, 0.2) is 0 Å². The molecule has 0 fully saturated rings. The minimum Gasteiger partial charge on any atom is -0.306 e. The average Bonchev–Trinajstić information content (AvgIpc) is 2.78. The van der Waals surface area contributed by atoms with Crippen molar-refractivity contribution in [3.8, 4) is 0 Å². The van der Waals surface area contributed by atoms with Gasteiger partial charge in [0, 0.05) is 27.8 Å². The Morgan fingerprint density at radius 1 is 1.43 bits per heavy atom. The molecule has 0 amide bonds. The highest BCUT2D eigenvalue weighted by atomic mass is 79.9. The van der Waals surface area contributed by atoms with Crippen molar-refractivity contribution in [2.75, 3.05) is 0 Å². The van der Waals surface area contributed by atoms with E-state index in [1.54, 1.807) is 22.7 Å². The SMILES string of the molecule is Brc1ccsc1CNCc1cscn1. The van der Waals surface area contributed by atoms with Crippen LogP contribution in [0.5, 0.6) is 0 Å². The lowest BCUT2D eigenvalue weighted by molar-refractivity contribution is 0.688. The van der Waals surface area contributed by atoms with Gasteiger partial charge >= 0.3 is 0 Å². The molecule has 0 aliphatic rings. The number of aromatic nitrogens is 1. The van der Waals surface area contributed by atoms with Gasteiger partial charge in [-0.15, -0.1) is 22.7 Å². The summed E-state index contributed by atoms with van der Waals surface area (Å²) in [6.45, 7) is 1.74. The van der Waals surface area contributed by atoms with Crippen molar-refractivity contribution in [1.29, 1.82) is 0 Å². The standard InChI is InChI=1S/C9H9BrN2S2/c10-8-1-2-14-9(8)4-11-3-7-5-13-6-12-7/h1-2,5-6,11H,3-4H2. The molecule has 5 heteroatoms. The quantitative estimate of drug-likeness (QED) is 0.934. The molecule has 0 aliphatic heterocycles. The first-order valence-corrected chi connectivity index (χ1v) is 6.77. The fourth-order valence-electron chi connectivity index (χ4n) is 1.08. The Labute approximate surface area is 99.1 Å². The van der Waals surface area contributed by atoms with Crippen LogP contribution in [-0.4, -0.2) is 4.98 Å². The Bertz CT molecular complexity index is 383. The summed E-state index contributed by atoms with van der Waals surface area (Å²) < 4.78 is 1.19. The maximum atomic E-state index is 4.21. The van der Waals surface area contributed by atoms with E-state index >= 15 is 0 Å². The second-order valence-corrected chi connectivity index (χ2v) is 5.35. The lowest BCUT2D eigenvalue weighted by Crippen LogP contribution is -2.12. The van der Waals surface area contributed by atoms with Crippen LogP contribution in [0.25, 0.3) is 0 Å². The van der Waals surface area contributed by atoms with Crippen LogP contribution in [-0.2, 0) is 13.1 Å². The second-order valence-electron chi connectivity index (χ2n) is 2.78. The Kier molecular flexibility index (Phi) is 3.69. The molecule has 2 rings (SSSR count). The van der Waals surface area contributed by atoms with Gasteiger partial charge in [-0.1, -0.05) is 0 Å². The van der Waals surface area contributed by atoms with E-state index in [1.807, 2.05) is 5.51 Å². The highest BCUT2D eigenvalue weighted by Gasteiger charge is 2.00. The van der Waals surface area contributed by atoms with Gasteiger partial charge in [-0.25, -0.2) is 4.98 Å². The van der Waals surface area contributed by atoms with Crippen LogP contribution in [0.2, 0.25) is 0 Å². The van der Waals surface area contributed by atoms with Crippen molar-refractivity contribution < 1.29 is 0 Å². The van der Waals surface area contributed by atoms with Crippen molar-refractivity contribution in [3.05, 3.63) is 37.4 Å². The van der Waals surface area contributed by atoms with E-state index in [-0.39, 0.29) is 0 Å². The summed E-state index contributed by atoms with van der Waals surface area (Å²) in [5, 5.41) is 7.51. The van der Waals surface area contributed by atoms with Gasteiger partial charge in [-0.05, 0) is 27.4 Å². The van der Waals surface area contributed by atoms with E-state index in [4.69, 9.17) is 0 Å². The Hall–Kier alpha value is -0.230. The van der Waals surface area contributed by atoms with E-state index < -0.39 is 0 Å². The van der Waals surface area contributed by atoms with Crippen LogP contribution in [0.1, 0.15) is 10.6 Å². The lowest BCUT2D eigenvalue weighted by atomic mass is 10.4. The molecule has 0 unspecified atom stereocenters. The van der Waals surface area contributed by atoms with Crippen LogP contribution >= 0.6 is 38.6 Å². The molecule has 0 aliphatic carbocycles. The molecule has 2 heterocycles. The van der Waals surface area contributed by atoms with Crippen molar-refractivity contribution in [1.82, 2.24) is 10.3 Å². The topological polar surface area (TPSA) is 24.9 Å². The number of rotatable bonds is 4. The van der Waals surface area contributed by atoms with Gasteiger partial charge in [0.25, 0.3) is 0 Å². The summed E-state index contributed by atoms with van der Waals surface area (Å²) in [5.41, 5.74) is 2.97. The molecule has 74 valence electrons. The largest absolute Gasteiger partial charge is 0.306 e. The zero-order valence-corrected chi connectivity index (χ0v) is 10.6. The molecule has 14 heavy (non-hydrogen) atoms. The van der Waals surface area contributed by atoms with Crippen LogP contribution in [0, 0.1) is 0 Å². The fourth-order valence-corrected chi connectivity index (χ4v) is 3.10. The van der Waals surface area contributed by atoms with Crippen LogP contribution in [0.3, 0.4) is 0 Å². The van der Waals surface area contributed by atoms with Gasteiger partial charge in [-0.3, -0.25) is 0 Å². The molecule has 0 aromatic carbocycles. The third-order valence-corrected chi connectivity index (χ3v) is 4.33. The predicted molar refractivity (Wildman–Crippen MR) is 64.7 cm³/mol. The number of hydrogen-bond acceptors (Lipinski definition) is 4. The molecular weight excluding hydrogens is 280 g/mol. The molecule has 2 nitrogen and oxygen atoms in total. The van der Waals surface area contributed by atoms with Crippen molar-refractivity contribution in [3.63, 3.8) is 0 Å². The Balaban J connectivity index is 1.81. The summed E-state index contributed by atoms with van der Waals surface area (Å²) in [7, 11) is 0. The molecule has 0 saturated heterocycles. The Morgan fingerprint density at radius 3 is 3.00 bits per heavy atom. The summed E-state index contributed by atoms with van der Waals surface area (Å²) in [6, 6.07) is 2.07. The molecule has 0 saturated carbocycles. The summed E-state index contributed by atoms with van der Waals surface area (Å²) in [4.78, 5) is 5.54. The number of halogens is 1. The molecule has 0 spiro atoms. The number of hydrogen-bond donors (Lipinski definition) is 1. The van der Waals surface area contributed by atoms with E-state index in [9.17, 15) is 0 Å². The smallest absolute Gasteiger partial charge is 0.0795 e. The molecule has 2 aromatic rings. The first-order valence-electron chi connectivity index (χ1n) is 4.16. The molecule has 1 N–H and O–H groups in total. The Morgan fingerprint density at radius 2 is 2.36 bits per heavy atom. The number of nitrogens with zero attached hydrogens (tertiary/aromatic N) is 1. The highest BCUT2D eigenvalue weighted by molar-refractivity contribution is 9.10. The average molecular weight is 289 g/mol. The van der Waals surface area contributed by atoms with Crippen LogP contribution in [0.4, 0.5) is 0 Å². The molecular formula is C9H9BrN2S2. The lowest BCUT2D eigenvalue weighted by Gasteiger charge is -2.00. The van der Waals surface area contributed by atoms with Gasteiger partial charge in [0.2, 0.25) is 0 Å². The highest BCUT2D eigenvalue weighted by Crippen LogP contribution is 2.22. The zero-order chi connectivity index (χ0) is 9.80. The van der Waals surface area contributed by atoms with Gasteiger partial charge < -0.3 is 5.32 Å². The van der Waals surface area contributed by atoms with Crippen molar-refractivity contribution >= 4 is 38.6 Å². The number of thiophene rings is 1. The summed E-state index contributed by atoms with van der Waals surface area (Å²) in [5.74, 6) is 0. The van der Waals surface area contributed by atoms with Crippen molar-refractivity contribution in [2.45, 2.75) is 13.1 Å². The first-order chi connectivity index (χ1) is 6.86. The minimum absolute atomic E-state index is 0.841. The monoisotopic (exact) mass is 288 g/mol. The van der Waals surface area contributed by atoms with Gasteiger partial charge in [-0.2, -0.15) is 0 Å². The normalized spacial score (nSPS) is 10.6. The van der Waals surface area contributed by atoms with E-state index in [2.05, 4.69) is 43.1 Å². The van der Waals surface area contributed by atoms with Crippen LogP contribution < -0.4 is 5.32 Å². The zero-order valence-electron chi connectivity index (χ0n) is 7.37. The summed E-state index contributed by atoms with van der Waals surface area (Å²) in [6.07, 6.45) is 0. The molecule has 0 bridgehead atoms. The van der Waals surface area contributed by atoms with E-state index in [0.29, 0.717) is 0 Å². The number of thiazole rings is 1. The second kappa shape index (κ2) is 5.02. The van der Waals surface area contributed by atoms with E-state index in [1.165, 1.54) is 9.35 Å². The van der Waals surface area contributed by atoms with Gasteiger partial charge in [0.05, 0.1) is 11.2 Å². The van der Waals surface area contributed by atoms with Gasteiger partial charge in [0.1, 0.15) is 0 Å².